The number of amides is 1. The van der Waals surface area contributed by atoms with Gasteiger partial charge < -0.3 is 15.0 Å². The number of fused-ring (bicyclic) bond motifs is 1. The van der Waals surface area contributed by atoms with E-state index in [0.717, 1.165) is 35.4 Å². The maximum absolute atomic E-state index is 12.1. The standard InChI is InChI=1S/C21H25N3O2/c1-15-8-7-9-17(14-15)26-13-6-5-12-20(25)22-16(2)21-23-18-10-3-4-11-19(18)24-21/h3-4,7-11,14,16H,5-6,12-13H2,1-2H3,(H,22,25)(H,23,24). The van der Waals surface area contributed by atoms with E-state index in [4.69, 9.17) is 4.74 Å². The molecule has 5 heteroatoms. The number of para-hydroxylation sites is 2. The summed E-state index contributed by atoms with van der Waals surface area (Å²) < 4.78 is 5.71. The van der Waals surface area contributed by atoms with Gasteiger partial charge in [0.2, 0.25) is 5.91 Å². The number of rotatable bonds is 8. The van der Waals surface area contributed by atoms with Crippen LogP contribution in [0.4, 0.5) is 0 Å². The van der Waals surface area contributed by atoms with Crippen LogP contribution in [0.5, 0.6) is 5.75 Å². The molecule has 0 aliphatic carbocycles. The molecule has 136 valence electrons. The third-order valence-electron chi connectivity index (χ3n) is 4.25. The molecule has 2 aromatic carbocycles. The smallest absolute Gasteiger partial charge is 0.220 e. The number of unbranched alkanes of at least 4 members (excludes halogenated alkanes) is 1. The Morgan fingerprint density at radius 1 is 1.19 bits per heavy atom. The Labute approximate surface area is 153 Å². The van der Waals surface area contributed by atoms with E-state index in [2.05, 4.69) is 15.3 Å². The highest BCUT2D eigenvalue weighted by Crippen LogP contribution is 2.16. The summed E-state index contributed by atoms with van der Waals surface area (Å²) in [5.41, 5.74) is 3.08. The second-order valence-corrected chi connectivity index (χ2v) is 6.55. The van der Waals surface area contributed by atoms with Crippen molar-refractivity contribution in [2.24, 2.45) is 0 Å². The summed E-state index contributed by atoms with van der Waals surface area (Å²) in [7, 11) is 0. The van der Waals surface area contributed by atoms with E-state index >= 15 is 0 Å². The van der Waals surface area contributed by atoms with Crippen LogP contribution < -0.4 is 10.1 Å². The van der Waals surface area contributed by atoms with Crippen molar-refractivity contribution in [3.8, 4) is 5.75 Å². The summed E-state index contributed by atoms with van der Waals surface area (Å²) in [6, 6.07) is 15.7. The van der Waals surface area contributed by atoms with E-state index in [0.29, 0.717) is 13.0 Å². The Kier molecular flexibility index (Phi) is 5.89. The molecule has 1 unspecified atom stereocenters. The van der Waals surface area contributed by atoms with E-state index in [-0.39, 0.29) is 11.9 Å². The molecule has 0 bridgehead atoms. The van der Waals surface area contributed by atoms with Crippen molar-refractivity contribution in [2.45, 2.75) is 39.2 Å². The predicted octanol–water partition coefficient (Wildman–Crippen LogP) is 4.30. The monoisotopic (exact) mass is 351 g/mol. The van der Waals surface area contributed by atoms with Crippen molar-refractivity contribution < 1.29 is 9.53 Å². The lowest BCUT2D eigenvalue weighted by Gasteiger charge is -2.11. The highest BCUT2D eigenvalue weighted by molar-refractivity contribution is 5.77. The van der Waals surface area contributed by atoms with E-state index in [9.17, 15) is 4.79 Å². The molecule has 0 saturated heterocycles. The van der Waals surface area contributed by atoms with Crippen LogP contribution in [0.2, 0.25) is 0 Å². The van der Waals surface area contributed by atoms with E-state index in [1.807, 2.05) is 62.4 Å². The summed E-state index contributed by atoms with van der Waals surface area (Å²) in [4.78, 5) is 19.9. The van der Waals surface area contributed by atoms with Crippen LogP contribution in [0, 0.1) is 6.92 Å². The SMILES string of the molecule is Cc1cccc(OCCCCC(=O)NC(C)c2nc3ccccc3[nH]2)c1. The number of aromatic nitrogens is 2. The molecule has 3 rings (SSSR count). The second-order valence-electron chi connectivity index (χ2n) is 6.55. The van der Waals surface area contributed by atoms with Gasteiger partial charge in [0.15, 0.2) is 0 Å². The van der Waals surface area contributed by atoms with Crippen LogP contribution in [0.1, 0.15) is 43.6 Å². The number of H-pyrrole nitrogens is 1. The largest absolute Gasteiger partial charge is 0.494 e. The number of carbonyl (C=O) groups is 1. The highest BCUT2D eigenvalue weighted by atomic mass is 16.5. The number of aryl methyl sites for hydroxylation is 1. The normalized spacial score (nSPS) is 12.1. The average molecular weight is 351 g/mol. The fourth-order valence-corrected chi connectivity index (χ4v) is 2.84. The molecule has 0 spiro atoms. The lowest BCUT2D eigenvalue weighted by molar-refractivity contribution is -0.121. The van der Waals surface area contributed by atoms with E-state index in [1.165, 1.54) is 5.56 Å². The van der Waals surface area contributed by atoms with E-state index in [1.54, 1.807) is 0 Å². The molecule has 0 aliphatic rings. The zero-order valence-corrected chi connectivity index (χ0v) is 15.3. The molecule has 26 heavy (non-hydrogen) atoms. The number of nitrogens with zero attached hydrogens (tertiary/aromatic N) is 1. The fourth-order valence-electron chi connectivity index (χ4n) is 2.84. The Balaban J connectivity index is 1.38. The summed E-state index contributed by atoms with van der Waals surface area (Å²) in [6.45, 7) is 4.60. The Hall–Kier alpha value is -2.82. The minimum Gasteiger partial charge on any atom is -0.494 e. The van der Waals surface area contributed by atoms with Gasteiger partial charge in [-0.1, -0.05) is 24.3 Å². The van der Waals surface area contributed by atoms with Gasteiger partial charge in [-0.25, -0.2) is 4.98 Å². The van der Waals surface area contributed by atoms with Crippen LogP contribution in [-0.2, 0) is 4.79 Å². The predicted molar refractivity (Wildman–Crippen MR) is 103 cm³/mol. The molecule has 0 fully saturated rings. The average Bonchev–Trinajstić information content (AvgIpc) is 3.06. The van der Waals surface area contributed by atoms with Gasteiger partial charge in [0.1, 0.15) is 11.6 Å². The van der Waals surface area contributed by atoms with Crippen molar-refractivity contribution in [1.29, 1.82) is 0 Å². The number of benzene rings is 2. The first-order chi connectivity index (χ1) is 12.6. The van der Waals surface area contributed by atoms with Gasteiger partial charge in [-0.15, -0.1) is 0 Å². The molecule has 5 nitrogen and oxygen atoms in total. The zero-order chi connectivity index (χ0) is 18.4. The number of ether oxygens (including phenoxy) is 1. The number of hydrogen-bond donors (Lipinski definition) is 2. The quantitative estimate of drug-likeness (QED) is 0.595. The molecular weight excluding hydrogens is 326 g/mol. The first kappa shape index (κ1) is 18.0. The minimum atomic E-state index is -0.140. The van der Waals surface area contributed by atoms with Gasteiger partial charge in [0, 0.05) is 6.42 Å². The van der Waals surface area contributed by atoms with Crippen molar-refractivity contribution in [1.82, 2.24) is 15.3 Å². The van der Waals surface area contributed by atoms with Gasteiger partial charge >= 0.3 is 0 Å². The van der Waals surface area contributed by atoms with Gasteiger partial charge in [-0.05, 0) is 56.5 Å². The van der Waals surface area contributed by atoms with Crippen molar-refractivity contribution >= 4 is 16.9 Å². The molecule has 0 saturated carbocycles. The molecule has 0 aliphatic heterocycles. The topological polar surface area (TPSA) is 67.0 Å². The first-order valence-corrected chi connectivity index (χ1v) is 9.05. The molecule has 1 amide bonds. The molecule has 0 radical (unpaired) electrons. The lowest BCUT2D eigenvalue weighted by atomic mass is 10.2. The third kappa shape index (κ3) is 4.85. The molecule has 1 atom stereocenters. The molecule has 2 N–H and O–H groups in total. The van der Waals surface area contributed by atoms with E-state index < -0.39 is 0 Å². The summed E-state index contributed by atoms with van der Waals surface area (Å²) in [5.74, 6) is 1.70. The van der Waals surface area contributed by atoms with Crippen molar-refractivity contribution in [3.05, 3.63) is 59.9 Å². The summed E-state index contributed by atoms with van der Waals surface area (Å²) in [6.07, 6.45) is 2.13. The molecule has 1 aromatic heterocycles. The molecule has 1 heterocycles. The summed E-state index contributed by atoms with van der Waals surface area (Å²) in [5, 5.41) is 3.00. The number of imidazole rings is 1. The number of carbonyl (C=O) groups excluding carboxylic acids is 1. The maximum atomic E-state index is 12.1. The first-order valence-electron chi connectivity index (χ1n) is 9.05. The van der Waals surface area contributed by atoms with Crippen LogP contribution in [0.3, 0.4) is 0 Å². The van der Waals surface area contributed by atoms with Crippen molar-refractivity contribution in [3.63, 3.8) is 0 Å². The van der Waals surface area contributed by atoms with Crippen LogP contribution in [0.15, 0.2) is 48.5 Å². The lowest BCUT2D eigenvalue weighted by Crippen LogP contribution is -2.27. The van der Waals surface area contributed by atoms with Gasteiger partial charge in [-0.3, -0.25) is 4.79 Å². The van der Waals surface area contributed by atoms with Crippen LogP contribution in [-0.4, -0.2) is 22.5 Å². The van der Waals surface area contributed by atoms with Gasteiger partial charge in [-0.2, -0.15) is 0 Å². The number of aromatic amines is 1. The second kappa shape index (κ2) is 8.52. The highest BCUT2D eigenvalue weighted by Gasteiger charge is 2.13. The zero-order valence-electron chi connectivity index (χ0n) is 15.3. The maximum Gasteiger partial charge on any atom is 0.220 e. The molecular formula is C21H25N3O2. The number of hydrogen-bond acceptors (Lipinski definition) is 3. The summed E-state index contributed by atoms with van der Waals surface area (Å²) >= 11 is 0. The Morgan fingerprint density at radius 3 is 2.85 bits per heavy atom. The fraction of sp³-hybridized carbons (Fsp3) is 0.333. The van der Waals surface area contributed by atoms with Crippen molar-refractivity contribution in [2.75, 3.05) is 6.61 Å². The van der Waals surface area contributed by atoms with Crippen LogP contribution >= 0.6 is 0 Å². The number of nitrogens with one attached hydrogen (secondary N) is 2. The van der Waals surface area contributed by atoms with Crippen LogP contribution in [0.25, 0.3) is 11.0 Å². The van der Waals surface area contributed by atoms with Gasteiger partial charge in [0.25, 0.3) is 0 Å². The van der Waals surface area contributed by atoms with Gasteiger partial charge in [0.05, 0.1) is 23.7 Å². The minimum absolute atomic E-state index is 0.0357. The molecule has 3 aromatic rings. The Bertz CT molecular complexity index is 839. The Morgan fingerprint density at radius 2 is 2.04 bits per heavy atom. The third-order valence-corrected chi connectivity index (χ3v) is 4.25.